The summed E-state index contributed by atoms with van der Waals surface area (Å²) in [4.78, 5) is 0. The van der Waals surface area contributed by atoms with Gasteiger partial charge in [0.05, 0.1) is 10.0 Å². The summed E-state index contributed by atoms with van der Waals surface area (Å²) in [5, 5.41) is 0. The zero-order valence-electron chi connectivity index (χ0n) is 6.12. The molecule has 2 N–H and O–H groups in total. The van der Waals surface area contributed by atoms with Gasteiger partial charge in [0.25, 0.3) is 0 Å². The van der Waals surface area contributed by atoms with E-state index in [0.29, 0.717) is 0 Å². The fraction of sp³-hybridized carbons (Fsp3) is 0.143. The molecule has 0 unspecified atom stereocenters. The van der Waals surface area contributed by atoms with Crippen LogP contribution in [-0.4, -0.2) is 0 Å². The van der Waals surface area contributed by atoms with Crippen LogP contribution in [-0.2, 0) is 6.18 Å². The highest BCUT2D eigenvalue weighted by Gasteiger charge is 2.36. The predicted octanol–water partition coefficient (Wildman–Crippen LogP) is 3.19. The van der Waals surface area contributed by atoms with Gasteiger partial charge in [-0.1, -0.05) is 0 Å². The van der Waals surface area contributed by atoms with Crippen LogP contribution in [0.1, 0.15) is 5.56 Å². The van der Waals surface area contributed by atoms with Crippen LogP contribution in [0.25, 0.3) is 0 Å². The number of anilines is 1. The maximum absolute atomic E-state index is 12.7. The molecule has 6 heteroatoms. The molecule has 0 bridgehead atoms. The molecule has 0 amide bonds. The van der Waals surface area contributed by atoms with Crippen LogP contribution < -0.4 is 5.73 Å². The summed E-state index contributed by atoms with van der Waals surface area (Å²) in [6.45, 7) is 0. The number of hydrogen-bond donors (Lipinski definition) is 1. The zero-order valence-corrected chi connectivity index (χ0v) is 7.71. The highest BCUT2D eigenvalue weighted by molar-refractivity contribution is 9.10. The molecule has 13 heavy (non-hydrogen) atoms. The Kier molecular flexibility index (Phi) is 2.51. The van der Waals surface area contributed by atoms with Gasteiger partial charge in [-0.15, -0.1) is 0 Å². The lowest BCUT2D eigenvalue weighted by atomic mass is 10.1. The molecule has 1 rings (SSSR count). The third-order valence-electron chi connectivity index (χ3n) is 1.41. The zero-order chi connectivity index (χ0) is 10.2. The molecule has 0 saturated carbocycles. The number of nitrogen functional groups attached to an aromatic ring is 1. The SMILES string of the molecule is Nc1ccc(F)c(Br)c1C(F)(F)F. The van der Waals surface area contributed by atoms with E-state index in [1.165, 1.54) is 0 Å². The molecule has 0 spiro atoms. The Bertz CT molecular complexity index is 334. The van der Waals surface area contributed by atoms with Crippen molar-refractivity contribution < 1.29 is 17.6 Å². The molecule has 0 aliphatic heterocycles. The van der Waals surface area contributed by atoms with Crippen LogP contribution in [0.3, 0.4) is 0 Å². The number of rotatable bonds is 0. The van der Waals surface area contributed by atoms with Crippen molar-refractivity contribution in [1.29, 1.82) is 0 Å². The average molecular weight is 258 g/mol. The lowest BCUT2D eigenvalue weighted by Crippen LogP contribution is -2.10. The van der Waals surface area contributed by atoms with E-state index in [0.717, 1.165) is 12.1 Å². The minimum atomic E-state index is -4.65. The molecular weight excluding hydrogens is 254 g/mol. The van der Waals surface area contributed by atoms with Crippen LogP contribution in [0.2, 0.25) is 0 Å². The second kappa shape index (κ2) is 3.17. The van der Waals surface area contributed by atoms with Gasteiger partial charge in [0, 0.05) is 5.69 Å². The monoisotopic (exact) mass is 257 g/mol. The normalized spacial score (nSPS) is 11.8. The fourth-order valence-corrected chi connectivity index (χ4v) is 1.44. The summed E-state index contributed by atoms with van der Waals surface area (Å²) in [6, 6.07) is 1.75. The van der Waals surface area contributed by atoms with E-state index < -0.39 is 27.7 Å². The number of halogens is 5. The van der Waals surface area contributed by atoms with E-state index in [-0.39, 0.29) is 0 Å². The summed E-state index contributed by atoms with van der Waals surface area (Å²) < 4.78 is 48.7. The van der Waals surface area contributed by atoms with E-state index in [4.69, 9.17) is 5.73 Å². The Morgan fingerprint density at radius 2 is 1.77 bits per heavy atom. The van der Waals surface area contributed by atoms with Crippen LogP contribution in [0.5, 0.6) is 0 Å². The van der Waals surface area contributed by atoms with E-state index in [1.54, 1.807) is 0 Å². The Hall–Kier alpha value is -0.780. The fourth-order valence-electron chi connectivity index (χ4n) is 0.854. The quantitative estimate of drug-likeness (QED) is 0.561. The van der Waals surface area contributed by atoms with Gasteiger partial charge in [0.1, 0.15) is 5.82 Å². The smallest absolute Gasteiger partial charge is 0.398 e. The summed E-state index contributed by atoms with van der Waals surface area (Å²) in [7, 11) is 0. The number of nitrogens with two attached hydrogens (primary N) is 1. The Morgan fingerprint density at radius 3 is 2.15 bits per heavy atom. The van der Waals surface area contributed by atoms with Crippen molar-refractivity contribution in [3.05, 3.63) is 28.0 Å². The van der Waals surface area contributed by atoms with E-state index in [2.05, 4.69) is 15.9 Å². The number of hydrogen-bond acceptors (Lipinski definition) is 1. The van der Waals surface area contributed by atoms with Crippen LogP contribution in [0, 0.1) is 5.82 Å². The van der Waals surface area contributed by atoms with Crippen molar-refractivity contribution in [1.82, 2.24) is 0 Å². The minimum Gasteiger partial charge on any atom is -0.398 e. The molecule has 0 aliphatic carbocycles. The Balaban J connectivity index is 3.43. The molecule has 0 aromatic heterocycles. The molecular formula is C7H4BrF4N. The molecule has 0 radical (unpaired) electrons. The second-order valence-electron chi connectivity index (χ2n) is 2.32. The molecule has 0 fully saturated rings. The van der Waals surface area contributed by atoms with Crippen molar-refractivity contribution in [2.75, 3.05) is 5.73 Å². The van der Waals surface area contributed by atoms with Crippen LogP contribution >= 0.6 is 15.9 Å². The maximum atomic E-state index is 12.7. The van der Waals surface area contributed by atoms with Crippen molar-refractivity contribution >= 4 is 21.6 Å². The average Bonchev–Trinajstić information content (AvgIpc) is 1.95. The van der Waals surface area contributed by atoms with Crippen molar-refractivity contribution in [2.45, 2.75) is 6.18 Å². The largest absolute Gasteiger partial charge is 0.419 e. The number of alkyl halides is 3. The van der Waals surface area contributed by atoms with Gasteiger partial charge >= 0.3 is 6.18 Å². The van der Waals surface area contributed by atoms with Crippen molar-refractivity contribution in [3.63, 3.8) is 0 Å². The third-order valence-corrected chi connectivity index (χ3v) is 2.19. The van der Waals surface area contributed by atoms with Gasteiger partial charge in [-0.2, -0.15) is 13.2 Å². The molecule has 0 aliphatic rings. The first-order valence-corrected chi connectivity index (χ1v) is 3.94. The number of benzene rings is 1. The standard InChI is InChI=1S/C7H4BrF4N/c8-6-3(9)1-2-4(13)5(6)7(10,11)12/h1-2H,13H2. The van der Waals surface area contributed by atoms with Gasteiger partial charge in [-0.25, -0.2) is 4.39 Å². The van der Waals surface area contributed by atoms with E-state index in [1.807, 2.05) is 0 Å². The molecule has 0 atom stereocenters. The van der Waals surface area contributed by atoms with Crippen molar-refractivity contribution in [2.24, 2.45) is 0 Å². The van der Waals surface area contributed by atoms with Gasteiger partial charge in [-0.3, -0.25) is 0 Å². The summed E-state index contributed by atoms with van der Waals surface area (Å²) in [5.74, 6) is -0.985. The van der Waals surface area contributed by atoms with Crippen molar-refractivity contribution in [3.8, 4) is 0 Å². The molecule has 1 nitrogen and oxygen atoms in total. The summed E-state index contributed by atoms with van der Waals surface area (Å²) in [5.41, 5.74) is 3.39. The Labute approximate surface area is 79.7 Å². The molecule has 72 valence electrons. The lowest BCUT2D eigenvalue weighted by Gasteiger charge is -2.11. The topological polar surface area (TPSA) is 26.0 Å². The first-order chi connectivity index (χ1) is 5.84. The maximum Gasteiger partial charge on any atom is 0.419 e. The minimum absolute atomic E-state index is 0.499. The first-order valence-electron chi connectivity index (χ1n) is 3.14. The van der Waals surface area contributed by atoms with Gasteiger partial charge in [-0.05, 0) is 28.1 Å². The van der Waals surface area contributed by atoms with Gasteiger partial charge in [0.2, 0.25) is 0 Å². The lowest BCUT2D eigenvalue weighted by molar-refractivity contribution is -0.137. The molecule has 1 aromatic carbocycles. The molecule has 1 aromatic rings. The second-order valence-corrected chi connectivity index (χ2v) is 3.12. The summed E-state index contributed by atoms with van der Waals surface area (Å²) >= 11 is 2.49. The molecule has 0 heterocycles. The van der Waals surface area contributed by atoms with Crippen LogP contribution in [0.4, 0.5) is 23.2 Å². The van der Waals surface area contributed by atoms with Gasteiger partial charge in [0.15, 0.2) is 0 Å². The molecule has 0 saturated heterocycles. The first kappa shape index (κ1) is 10.3. The van der Waals surface area contributed by atoms with Gasteiger partial charge < -0.3 is 5.73 Å². The van der Waals surface area contributed by atoms with E-state index >= 15 is 0 Å². The van der Waals surface area contributed by atoms with E-state index in [9.17, 15) is 17.6 Å². The van der Waals surface area contributed by atoms with Crippen LogP contribution in [0.15, 0.2) is 16.6 Å². The highest BCUT2D eigenvalue weighted by atomic mass is 79.9. The highest BCUT2D eigenvalue weighted by Crippen LogP contribution is 2.39. The predicted molar refractivity (Wildman–Crippen MR) is 43.5 cm³/mol. The Morgan fingerprint density at radius 1 is 1.23 bits per heavy atom. The summed E-state index contributed by atoms with van der Waals surface area (Å²) in [6.07, 6.45) is -4.65. The third kappa shape index (κ3) is 1.93.